The van der Waals surface area contributed by atoms with E-state index in [0.717, 1.165) is 17.7 Å². The van der Waals surface area contributed by atoms with E-state index in [2.05, 4.69) is 15.8 Å². The highest BCUT2D eigenvalue weighted by atomic mass is 16.5. The van der Waals surface area contributed by atoms with Gasteiger partial charge in [0.15, 0.2) is 11.5 Å². The highest BCUT2D eigenvalue weighted by Gasteiger charge is 2.19. The summed E-state index contributed by atoms with van der Waals surface area (Å²) >= 11 is 0. The van der Waals surface area contributed by atoms with Gasteiger partial charge in [-0.05, 0) is 27.9 Å². The fourth-order valence-corrected chi connectivity index (χ4v) is 2.13. The van der Waals surface area contributed by atoms with Crippen molar-refractivity contribution in [3.05, 3.63) is 41.6 Å². The van der Waals surface area contributed by atoms with Crippen molar-refractivity contribution >= 4 is 11.8 Å². The van der Waals surface area contributed by atoms with Gasteiger partial charge in [0.1, 0.15) is 6.04 Å². The van der Waals surface area contributed by atoms with Gasteiger partial charge in [0.2, 0.25) is 5.91 Å². The van der Waals surface area contributed by atoms with Crippen molar-refractivity contribution in [3.63, 3.8) is 0 Å². The topological polar surface area (TPSA) is 87.5 Å². The zero-order chi connectivity index (χ0) is 18.4. The minimum absolute atomic E-state index is 0.142. The van der Waals surface area contributed by atoms with Crippen molar-refractivity contribution in [2.24, 2.45) is 0 Å². The van der Waals surface area contributed by atoms with Gasteiger partial charge < -0.3 is 20.1 Å². The van der Waals surface area contributed by atoms with E-state index < -0.39 is 11.9 Å². The van der Waals surface area contributed by atoms with Crippen molar-refractivity contribution in [2.45, 2.75) is 19.9 Å². The van der Waals surface area contributed by atoms with E-state index in [1.165, 1.54) is 0 Å². The molecular formula is C18H24N4O3. The maximum absolute atomic E-state index is 12.2. The lowest BCUT2D eigenvalue weighted by Crippen LogP contribution is -2.46. The Hall–Kier alpha value is -2.67. The molecule has 7 heteroatoms. The number of aryl methyl sites for hydroxylation is 1. The molecule has 7 nitrogen and oxygen atoms in total. The molecule has 2 amide bonds. The molecule has 0 saturated heterocycles. The lowest BCUT2D eigenvalue weighted by molar-refractivity contribution is -0.122. The first-order chi connectivity index (χ1) is 11.9. The molecular weight excluding hydrogens is 320 g/mol. The van der Waals surface area contributed by atoms with Crippen LogP contribution in [0.4, 0.5) is 0 Å². The first-order valence-electron chi connectivity index (χ1n) is 8.14. The zero-order valence-corrected chi connectivity index (χ0v) is 15.0. The van der Waals surface area contributed by atoms with Gasteiger partial charge in [-0.25, -0.2) is 0 Å². The van der Waals surface area contributed by atoms with Crippen molar-refractivity contribution in [1.29, 1.82) is 0 Å². The molecule has 0 aliphatic carbocycles. The van der Waals surface area contributed by atoms with E-state index in [9.17, 15) is 9.59 Å². The summed E-state index contributed by atoms with van der Waals surface area (Å²) in [5, 5.41) is 9.18. The maximum atomic E-state index is 12.2. The van der Waals surface area contributed by atoms with E-state index in [1.807, 2.05) is 50.2 Å². The summed E-state index contributed by atoms with van der Waals surface area (Å²) in [7, 11) is 3.85. The van der Waals surface area contributed by atoms with Gasteiger partial charge in [0, 0.05) is 24.7 Å². The van der Waals surface area contributed by atoms with Gasteiger partial charge in [-0.2, -0.15) is 0 Å². The molecule has 0 radical (unpaired) electrons. The third-order valence-electron chi connectivity index (χ3n) is 3.68. The number of likely N-dealkylation sites (N-methyl/N-ethyl adjacent to an activating group) is 1. The van der Waals surface area contributed by atoms with Crippen molar-refractivity contribution < 1.29 is 14.1 Å². The zero-order valence-electron chi connectivity index (χ0n) is 15.0. The molecule has 134 valence electrons. The number of rotatable bonds is 7. The van der Waals surface area contributed by atoms with Crippen LogP contribution in [0.1, 0.15) is 23.0 Å². The van der Waals surface area contributed by atoms with E-state index in [4.69, 9.17) is 4.52 Å². The van der Waals surface area contributed by atoms with Gasteiger partial charge in [0.25, 0.3) is 5.91 Å². The Morgan fingerprint density at radius 1 is 1.24 bits per heavy atom. The van der Waals surface area contributed by atoms with Crippen LogP contribution in [0.2, 0.25) is 0 Å². The number of benzene rings is 1. The minimum Gasteiger partial charge on any atom is -0.355 e. The predicted molar refractivity (Wildman–Crippen MR) is 95.2 cm³/mol. The summed E-state index contributed by atoms with van der Waals surface area (Å²) in [5.41, 5.74) is 2.12. The van der Waals surface area contributed by atoms with Crippen LogP contribution < -0.4 is 10.6 Å². The molecule has 1 atom stereocenters. The van der Waals surface area contributed by atoms with Crippen LogP contribution >= 0.6 is 0 Å². The van der Waals surface area contributed by atoms with Gasteiger partial charge in [-0.1, -0.05) is 35.0 Å². The summed E-state index contributed by atoms with van der Waals surface area (Å²) in [5.74, 6) is -0.178. The monoisotopic (exact) mass is 344 g/mol. The van der Waals surface area contributed by atoms with Crippen LogP contribution in [0.3, 0.4) is 0 Å². The highest BCUT2D eigenvalue weighted by Crippen LogP contribution is 2.20. The van der Waals surface area contributed by atoms with E-state index in [-0.39, 0.29) is 11.6 Å². The number of amides is 2. The Bertz CT molecular complexity index is 722. The van der Waals surface area contributed by atoms with Gasteiger partial charge >= 0.3 is 0 Å². The largest absolute Gasteiger partial charge is 0.355 e. The average molecular weight is 344 g/mol. The number of hydrogen-bond acceptors (Lipinski definition) is 5. The van der Waals surface area contributed by atoms with Crippen LogP contribution in [0.25, 0.3) is 11.3 Å². The molecule has 2 rings (SSSR count). The second-order valence-electron chi connectivity index (χ2n) is 6.23. The second-order valence-corrected chi connectivity index (χ2v) is 6.23. The third kappa shape index (κ3) is 5.42. The number of carbonyl (C=O) groups is 2. The predicted octanol–water partition coefficient (Wildman–Crippen LogP) is 1.45. The maximum Gasteiger partial charge on any atom is 0.274 e. The molecule has 0 bridgehead atoms. The van der Waals surface area contributed by atoms with Gasteiger partial charge in [0.05, 0.1) is 0 Å². The van der Waals surface area contributed by atoms with Gasteiger partial charge in [-0.15, -0.1) is 0 Å². The first kappa shape index (κ1) is 18.7. The molecule has 25 heavy (non-hydrogen) atoms. The van der Waals surface area contributed by atoms with E-state index in [0.29, 0.717) is 12.3 Å². The molecule has 2 aromatic rings. The van der Waals surface area contributed by atoms with Crippen molar-refractivity contribution in [2.75, 3.05) is 27.2 Å². The molecule has 0 spiro atoms. The minimum atomic E-state index is -0.658. The molecule has 0 aliphatic heterocycles. The standard InChI is InChI=1S/C18H24N4O3/c1-12-5-7-14(8-6-12)16-11-15(21-25-16)18(24)20-13(2)17(23)19-9-10-22(3)4/h5-8,11,13H,9-10H2,1-4H3,(H,19,23)(H,20,24)/t13-/m0/s1. The van der Waals surface area contributed by atoms with E-state index in [1.54, 1.807) is 13.0 Å². The lowest BCUT2D eigenvalue weighted by Gasteiger charge is -2.15. The Labute approximate surface area is 147 Å². The second kappa shape index (κ2) is 8.43. The fourth-order valence-electron chi connectivity index (χ4n) is 2.13. The smallest absolute Gasteiger partial charge is 0.274 e. The quantitative estimate of drug-likeness (QED) is 0.794. The summed E-state index contributed by atoms with van der Waals surface area (Å²) in [4.78, 5) is 26.1. The Morgan fingerprint density at radius 3 is 2.56 bits per heavy atom. The normalized spacial score (nSPS) is 12.0. The lowest BCUT2D eigenvalue weighted by atomic mass is 10.1. The Balaban J connectivity index is 1.92. The Morgan fingerprint density at radius 2 is 1.92 bits per heavy atom. The van der Waals surface area contributed by atoms with Crippen LogP contribution in [-0.4, -0.2) is 55.1 Å². The third-order valence-corrected chi connectivity index (χ3v) is 3.68. The summed E-state index contributed by atoms with van der Waals surface area (Å²) in [6.45, 7) is 4.88. The summed E-state index contributed by atoms with van der Waals surface area (Å²) < 4.78 is 5.23. The average Bonchev–Trinajstić information content (AvgIpc) is 3.05. The number of carbonyl (C=O) groups excluding carboxylic acids is 2. The van der Waals surface area contributed by atoms with Crippen molar-refractivity contribution in [3.8, 4) is 11.3 Å². The number of hydrogen-bond donors (Lipinski definition) is 2. The molecule has 1 aromatic carbocycles. The number of nitrogens with one attached hydrogen (secondary N) is 2. The first-order valence-corrected chi connectivity index (χ1v) is 8.14. The molecule has 0 fully saturated rings. The molecule has 0 aliphatic rings. The summed E-state index contributed by atoms with van der Waals surface area (Å²) in [6.07, 6.45) is 0. The van der Waals surface area contributed by atoms with Crippen LogP contribution in [-0.2, 0) is 4.79 Å². The molecule has 0 saturated carbocycles. The van der Waals surface area contributed by atoms with Crippen LogP contribution in [0, 0.1) is 6.92 Å². The fraction of sp³-hybridized carbons (Fsp3) is 0.389. The van der Waals surface area contributed by atoms with Gasteiger partial charge in [-0.3, -0.25) is 9.59 Å². The highest BCUT2D eigenvalue weighted by molar-refractivity contribution is 5.96. The molecule has 1 heterocycles. The van der Waals surface area contributed by atoms with Crippen LogP contribution in [0.5, 0.6) is 0 Å². The number of aromatic nitrogens is 1. The summed E-state index contributed by atoms with van der Waals surface area (Å²) in [6, 6.07) is 8.62. The van der Waals surface area contributed by atoms with Crippen LogP contribution in [0.15, 0.2) is 34.9 Å². The SMILES string of the molecule is Cc1ccc(-c2cc(C(=O)N[C@@H](C)C(=O)NCCN(C)C)no2)cc1. The molecule has 1 aromatic heterocycles. The molecule has 0 unspecified atom stereocenters. The molecule has 2 N–H and O–H groups in total. The Kier molecular flexibility index (Phi) is 6.30. The van der Waals surface area contributed by atoms with E-state index >= 15 is 0 Å². The number of nitrogens with zero attached hydrogens (tertiary/aromatic N) is 2. The van der Waals surface area contributed by atoms with Crippen molar-refractivity contribution in [1.82, 2.24) is 20.7 Å².